The number of fused-ring (bicyclic) bond motifs is 1. The first-order valence-corrected chi connectivity index (χ1v) is 10.5. The van der Waals surface area contributed by atoms with Crippen molar-refractivity contribution in [3.05, 3.63) is 70.5 Å². The van der Waals surface area contributed by atoms with Gasteiger partial charge in [-0.2, -0.15) is 4.98 Å². The van der Waals surface area contributed by atoms with Crippen molar-refractivity contribution < 1.29 is 14.0 Å². The number of hydrogen-bond donors (Lipinski definition) is 2. The Labute approximate surface area is 181 Å². The van der Waals surface area contributed by atoms with Crippen molar-refractivity contribution in [2.24, 2.45) is 0 Å². The minimum Gasteiger partial charge on any atom is -0.347 e. The molecule has 4 aromatic rings. The number of carbonyl (C=O) groups is 2. The van der Waals surface area contributed by atoms with Gasteiger partial charge in [0.1, 0.15) is 5.82 Å². The second-order valence-corrected chi connectivity index (χ2v) is 7.98. The second kappa shape index (κ2) is 8.65. The van der Waals surface area contributed by atoms with E-state index in [2.05, 4.69) is 20.7 Å². The highest BCUT2D eigenvalue weighted by molar-refractivity contribution is 7.15. The molecule has 0 saturated heterocycles. The lowest BCUT2D eigenvalue weighted by atomic mass is 10.1. The highest BCUT2D eigenvalue weighted by Gasteiger charge is 2.16. The topological polar surface area (TPSA) is 88.4 Å². The van der Waals surface area contributed by atoms with Crippen LogP contribution in [-0.4, -0.2) is 33.0 Å². The first kappa shape index (κ1) is 20.7. The van der Waals surface area contributed by atoms with Crippen molar-refractivity contribution >= 4 is 33.8 Å². The van der Waals surface area contributed by atoms with Crippen LogP contribution in [0.2, 0.25) is 0 Å². The molecule has 0 aliphatic carbocycles. The molecule has 2 aromatic heterocycles. The zero-order valence-corrected chi connectivity index (χ0v) is 17.8. The van der Waals surface area contributed by atoms with Gasteiger partial charge in [-0.1, -0.05) is 12.1 Å². The van der Waals surface area contributed by atoms with Crippen LogP contribution < -0.4 is 10.6 Å². The second-order valence-electron chi connectivity index (χ2n) is 7.14. The summed E-state index contributed by atoms with van der Waals surface area (Å²) in [4.78, 5) is 29.5. The van der Waals surface area contributed by atoms with Crippen molar-refractivity contribution in [2.75, 3.05) is 11.9 Å². The lowest BCUT2D eigenvalue weighted by Crippen LogP contribution is -2.36. The fraction of sp³-hybridized carbons (Fsp3) is 0.182. The molecule has 7 nitrogen and oxygen atoms in total. The van der Waals surface area contributed by atoms with Gasteiger partial charge < -0.3 is 10.6 Å². The Balaban J connectivity index is 1.37. The number of hydrogen-bond acceptors (Lipinski definition) is 5. The number of carbonyl (C=O) groups excluding carboxylic acids is 2. The Hall–Kier alpha value is -3.59. The summed E-state index contributed by atoms with van der Waals surface area (Å²) in [5.41, 5.74) is 4.08. The molecule has 2 heterocycles. The van der Waals surface area contributed by atoms with Gasteiger partial charge in [-0.15, -0.1) is 16.4 Å². The van der Waals surface area contributed by atoms with Gasteiger partial charge >= 0.3 is 11.8 Å². The molecule has 2 N–H and O–H groups in total. The molecule has 0 atom stereocenters. The normalized spacial score (nSPS) is 10.9. The minimum atomic E-state index is -0.705. The standard InChI is InChI=1S/C22H20FN5O2S/c1-13-3-4-14(2)18(11-13)25-21(30)20(29)24-10-9-17-12-31-22-26-19(27-28(17)22)15-5-7-16(23)8-6-15/h3-8,11-12H,9-10H2,1-2H3,(H,24,29)(H,25,30). The van der Waals surface area contributed by atoms with Gasteiger partial charge in [0.05, 0.1) is 5.69 Å². The summed E-state index contributed by atoms with van der Waals surface area (Å²) in [6, 6.07) is 11.6. The summed E-state index contributed by atoms with van der Waals surface area (Å²) in [6.07, 6.45) is 0.481. The van der Waals surface area contributed by atoms with Crippen LogP contribution >= 0.6 is 11.3 Å². The van der Waals surface area contributed by atoms with E-state index >= 15 is 0 Å². The number of anilines is 1. The number of rotatable bonds is 5. The van der Waals surface area contributed by atoms with Crippen molar-refractivity contribution in [3.8, 4) is 11.4 Å². The largest absolute Gasteiger partial charge is 0.347 e. The lowest BCUT2D eigenvalue weighted by molar-refractivity contribution is -0.136. The van der Waals surface area contributed by atoms with Gasteiger partial charge in [0, 0.05) is 29.6 Å². The van der Waals surface area contributed by atoms with E-state index in [9.17, 15) is 14.0 Å². The molecule has 4 rings (SSSR count). The molecular formula is C22H20FN5O2S. The number of aryl methyl sites for hydroxylation is 2. The zero-order chi connectivity index (χ0) is 22.0. The molecule has 0 spiro atoms. The number of aromatic nitrogens is 3. The van der Waals surface area contributed by atoms with Crippen LogP contribution in [0.3, 0.4) is 0 Å². The Bertz CT molecular complexity index is 1260. The lowest BCUT2D eigenvalue weighted by Gasteiger charge is -2.09. The Morgan fingerprint density at radius 3 is 2.65 bits per heavy atom. The summed E-state index contributed by atoms with van der Waals surface area (Å²) in [7, 11) is 0. The number of benzene rings is 2. The van der Waals surface area contributed by atoms with Crippen LogP contribution in [-0.2, 0) is 16.0 Å². The van der Waals surface area contributed by atoms with Crippen LogP contribution in [0.1, 0.15) is 16.8 Å². The first-order chi connectivity index (χ1) is 14.9. The fourth-order valence-electron chi connectivity index (χ4n) is 3.05. The SMILES string of the molecule is Cc1ccc(C)c(NC(=O)C(=O)NCCc2csc3nc(-c4ccc(F)cc4)nn23)c1. The maximum Gasteiger partial charge on any atom is 0.313 e. The number of halogens is 1. The van der Waals surface area contributed by atoms with E-state index in [1.165, 1.54) is 23.5 Å². The van der Waals surface area contributed by atoms with Crippen molar-refractivity contribution in [3.63, 3.8) is 0 Å². The average molecular weight is 438 g/mol. The summed E-state index contributed by atoms with van der Waals surface area (Å²) in [5, 5.41) is 11.7. The molecule has 2 aromatic carbocycles. The molecular weight excluding hydrogens is 417 g/mol. The molecule has 0 aliphatic rings. The number of amides is 2. The average Bonchev–Trinajstić information content (AvgIpc) is 3.33. The summed E-state index contributed by atoms with van der Waals surface area (Å²) in [6.45, 7) is 4.06. The van der Waals surface area contributed by atoms with Crippen LogP contribution in [0.5, 0.6) is 0 Å². The third kappa shape index (κ3) is 4.61. The van der Waals surface area contributed by atoms with Crippen LogP contribution in [0.25, 0.3) is 16.3 Å². The summed E-state index contributed by atoms with van der Waals surface area (Å²) < 4.78 is 14.8. The van der Waals surface area contributed by atoms with Gasteiger partial charge in [-0.05, 0) is 55.3 Å². The van der Waals surface area contributed by atoms with Crippen molar-refractivity contribution in [2.45, 2.75) is 20.3 Å². The molecule has 9 heteroatoms. The molecule has 0 bridgehead atoms. The minimum absolute atomic E-state index is 0.274. The van der Waals surface area contributed by atoms with Crippen LogP contribution in [0, 0.1) is 19.7 Å². The molecule has 0 fully saturated rings. The molecule has 158 valence electrons. The maximum atomic E-state index is 13.1. The Morgan fingerprint density at radius 2 is 1.87 bits per heavy atom. The van der Waals surface area contributed by atoms with Gasteiger partial charge in [0.2, 0.25) is 4.96 Å². The predicted octanol–water partition coefficient (Wildman–Crippen LogP) is 3.51. The van der Waals surface area contributed by atoms with E-state index in [0.717, 1.165) is 22.4 Å². The van der Waals surface area contributed by atoms with E-state index in [1.807, 2.05) is 37.4 Å². The highest BCUT2D eigenvalue weighted by atomic mass is 32.1. The van der Waals surface area contributed by atoms with Crippen molar-refractivity contribution in [1.82, 2.24) is 19.9 Å². The molecule has 0 radical (unpaired) electrons. The summed E-state index contributed by atoms with van der Waals surface area (Å²) in [5.74, 6) is -1.21. The Morgan fingerprint density at radius 1 is 1.10 bits per heavy atom. The number of nitrogens with zero attached hydrogens (tertiary/aromatic N) is 3. The predicted molar refractivity (Wildman–Crippen MR) is 118 cm³/mol. The maximum absolute atomic E-state index is 13.1. The number of thiazole rings is 1. The van der Waals surface area contributed by atoms with Crippen LogP contribution in [0.15, 0.2) is 47.8 Å². The monoisotopic (exact) mass is 437 g/mol. The van der Waals surface area contributed by atoms with Gasteiger partial charge in [0.25, 0.3) is 0 Å². The number of nitrogens with one attached hydrogen (secondary N) is 2. The van der Waals surface area contributed by atoms with Gasteiger partial charge in [-0.3, -0.25) is 9.59 Å². The first-order valence-electron chi connectivity index (χ1n) is 9.66. The van der Waals surface area contributed by atoms with E-state index in [1.54, 1.807) is 16.6 Å². The van der Waals surface area contributed by atoms with E-state index in [4.69, 9.17) is 0 Å². The highest BCUT2D eigenvalue weighted by Crippen LogP contribution is 2.21. The quantitative estimate of drug-likeness (QED) is 0.468. The third-order valence-electron chi connectivity index (χ3n) is 4.77. The van der Waals surface area contributed by atoms with E-state index < -0.39 is 11.8 Å². The van der Waals surface area contributed by atoms with Gasteiger partial charge in [0.15, 0.2) is 5.82 Å². The zero-order valence-electron chi connectivity index (χ0n) is 17.0. The molecule has 2 amide bonds. The fourth-order valence-corrected chi connectivity index (χ4v) is 3.91. The molecule has 0 aliphatic heterocycles. The van der Waals surface area contributed by atoms with E-state index in [-0.39, 0.29) is 12.4 Å². The smallest absolute Gasteiger partial charge is 0.313 e. The molecule has 0 saturated carbocycles. The third-order valence-corrected chi connectivity index (χ3v) is 5.63. The van der Waals surface area contributed by atoms with Crippen molar-refractivity contribution in [1.29, 1.82) is 0 Å². The summed E-state index contributed by atoms with van der Waals surface area (Å²) >= 11 is 1.43. The molecule has 31 heavy (non-hydrogen) atoms. The van der Waals surface area contributed by atoms with E-state index in [0.29, 0.717) is 22.9 Å². The molecule has 0 unspecified atom stereocenters. The van der Waals surface area contributed by atoms with Crippen LogP contribution in [0.4, 0.5) is 10.1 Å². The van der Waals surface area contributed by atoms with Gasteiger partial charge in [-0.25, -0.2) is 8.91 Å². The Kier molecular flexibility index (Phi) is 5.77.